The summed E-state index contributed by atoms with van der Waals surface area (Å²) in [5.41, 5.74) is 4.23. The summed E-state index contributed by atoms with van der Waals surface area (Å²) < 4.78 is 11.1. The van der Waals surface area contributed by atoms with Crippen LogP contribution < -0.4 is 14.8 Å². The van der Waals surface area contributed by atoms with Crippen LogP contribution in [-0.4, -0.2) is 27.0 Å². The Balaban J connectivity index is 1.44. The van der Waals surface area contributed by atoms with Gasteiger partial charge in [0.1, 0.15) is 17.0 Å². The van der Waals surface area contributed by atoms with E-state index in [0.29, 0.717) is 11.8 Å². The van der Waals surface area contributed by atoms with E-state index in [-0.39, 0.29) is 0 Å². The lowest BCUT2D eigenvalue weighted by Crippen LogP contribution is -1.93. The van der Waals surface area contributed by atoms with E-state index in [4.69, 9.17) is 9.47 Å². The zero-order valence-corrected chi connectivity index (χ0v) is 15.1. The smallest absolute Gasteiger partial charge is 0.213 e. The highest BCUT2D eigenvalue weighted by atomic mass is 16.5. The summed E-state index contributed by atoms with van der Waals surface area (Å²) in [4.78, 5) is 15.5. The Labute approximate surface area is 160 Å². The van der Waals surface area contributed by atoms with E-state index in [1.165, 1.54) is 0 Å². The minimum absolute atomic E-state index is 0.558. The molecule has 0 atom stereocenters. The predicted octanol–water partition coefficient (Wildman–Crippen LogP) is 4.98. The highest BCUT2D eigenvalue weighted by molar-refractivity contribution is 5.91. The summed E-state index contributed by atoms with van der Waals surface area (Å²) >= 11 is 0. The molecule has 0 aliphatic rings. The predicted molar refractivity (Wildman–Crippen MR) is 109 cm³/mol. The van der Waals surface area contributed by atoms with Gasteiger partial charge in [-0.3, -0.25) is 0 Å². The average Bonchev–Trinajstić information content (AvgIpc) is 3.32. The van der Waals surface area contributed by atoms with Crippen LogP contribution in [-0.2, 0) is 0 Å². The van der Waals surface area contributed by atoms with Crippen molar-refractivity contribution in [2.75, 3.05) is 12.4 Å². The molecular formula is C21H17N5O2. The van der Waals surface area contributed by atoms with Crippen LogP contribution in [0.15, 0.2) is 66.9 Å². The molecule has 3 aromatic heterocycles. The molecule has 2 aromatic carbocycles. The van der Waals surface area contributed by atoms with Crippen LogP contribution in [0, 0.1) is 0 Å². The third kappa shape index (κ3) is 2.99. The number of aromatic amines is 2. The molecule has 3 N–H and O–H groups in total. The number of hydrogen-bond donors (Lipinski definition) is 3. The quantitative estimate of drug-likeness (QED) is 0.405. The molecule has 0 aliphatic heterocycles. The molecule has 5 rings (SSSR count). The number of aromatic nitrogens is 4. The van der Waals surface area contributed by atoms with Gasteiger partial charge in [-0.2, -0.15) is 0 Å². The lowest BCUT2D eigenvalue weighted by atomic mass is 10.3. The summed E-state index contributed by atoms with van der Waals surface area (Å²) in [5.74, 6) is 2.71. The Kier molecular flexibility index (Phi) is 3.83. The first-order chi connectivity index (χ1) is 13.8. The standard InChI is InChI=1S/C21H17N5O2/c1-27-19-10-9-16-20(26-19)18(12-22-16)25-21-23-15-8-7-14(11-17(15)24-21)28-13-5-3-2-4-6-13/h2-12,22H,1H3,(H2,23,24,25). The first-order valence-corrected chi connectivity index (χ1v) is 8.80. The van der Waals surface area contributed by atoms with Crippen LogP contribution in [0.2, 0.25) is 0 Å². The molecule has 7 nitrogen and oxygen atoms in total. The van der Waals surface area contributed by atoms with Gasteiger partial charge in [-0.15, -0.1) is 0 Å². The molecule has 0 saturated carbocycles. The molecule has 0 saturated heterocycles. The number of fused-ring (bicyclic) bond motifs is 2. The van der Waals surface area contributed by atoms with Gasteiger partial charge in [0.05, 0.1) is 29.3 Å². The van der Waals surface area contributed by atoms with Crippen LogP contribution >= 0.6 is 0 Å². The second-order valence-corrected chi connectivity index (χ2v) is 6.26. The number of imidazole rings is 1. The first kappa shape index (κ1) is 16.2. The van der Waals surface area contributed by atoms with Crippen molar-refractivity contribution in [2.24, 2.45) is 0 Å². The highest BCUT2D eigenvalue weighted by Gasteiger charge is 2.10. The summed E-state index contributed by atoms with van der Waals surface area (Å²) in [6, 6.07) is 19.2. The second-order valence-electron chi connectivity index (χ2n) is 6.26. The fourth-order valence-corrected chi connectivity index (χ4v) is 3.05. The minimum Gasteiger partial charge on any atom is -0.481 e. The van der Waals surface area contributed by atoms with Crippen molar-refractivity contribution < 1.29 is 9.47 Å². The summed E-state index contributed by atoms with van der Waals surface area (Å²) in [5, 5.41) is 3.28. The SMILES string of the molecule is COc1ccc2[nH]cc(Nc3nc4ccc(Oc5ccccc5)cc4[nH]3)c2n1. The molecule has 3 heterocycles. The number of hydrogen-bond acceptors (Lipinski definition) is 5. The maximum Gasteiger partial charge on any atom is 0.213 e. The molecule has 0 fully saturated rings. The molecule has 138 valence electrons. The van der Waals surface area contributed by atoms with E-state index in [1.807, 2.05) is 66.9 Å². The molecule has 0 bridgehead atoms. The lowest BCUT2D eigenvalue weighted by molar-refractivity contribution is 0.399. The van der Waals surface area contributed by atoms with Gasteiger partial charge in [0.15, 0.2) is 0 Å². The zero-order chi connectivity index (χ0) is 18.9. The maximum absolute atomic E-state index is 5.89. The van der Waals surface area contributed by atoms with E-state index < -0.39 is 0 Å². The molecule has 0 amide bonds. The zero-order valence-electron chi connectivity index (χ0n) is 15.1. The fraction of sp³-hybridized carbons (Fsp3) is 0.0476. The van der Waals surface area contributed by atoms with Gasteiger partial charge in [0.2, 0.25) is 11.8 Å². The molecule has 0 unspecified atom stereocenters. The van der Waals surface area contributed by atoms with Crippen molar-refractivity contribution in [1.29, 1.82) is 0 Å². The van der Waals surface area contributed by atoms with Crippen LogP contribution in [0.3, 0.4) is 0 Å². The van der Waals surface area contributed by atoms with Gasteiger partial charge >= 0.3 is 0 Å². The van der Waals surface area contributed by atoms with E-state index in [2.05, 4.69) is 25.3 Å². The number of H-pyrrole nitrogens is 2. The van der Waals surface area contributed by atoms with E-state index in [1.54, 1.807) is 7.11 Å². The van der Waals surface area contributed by atoms with Gasteiger partial charge in [-0.1, -0.05) is 18.2 Å². The Hall–Kier alpha value is -4.00. The number of ether oxygens (including phenoxy) is 2. The monoisotopic (exact) mass is 371 g/mol. The Bertz CT molecular complexity index is 1260. The first-order valence-electron chi connectivity index (χ1n) is 8.80. The number of nitrogens with one attached hydrogen (secondary N) is 3. The normalized spacial score (nSPS) is 11.0. The summed E-state index contributed by atoms with van der Waals surface area (Å²) in [6.45, 7) is 0. The topological polar surface area (TPSA) is 87.9 Å². The largest absolute Gasteiger partial charge is 0.481 e. The van der Waals surface area contributed by atoms with Gasteiger partial charge < -0.3 is 24.8 Å². The molecule has 5 aromatic rings. The minimum atomic E-state index is 0.558. The number of benzene rings is 2. The molecule has 0 radical (unpaired) electrons. The third-order valence-corrected chi connectivity index (χ3v) is 4.39. The van der Waals surface area contributed by atoms with Crippen LogP contribution in [0.4, 0.5) is 11.6 Å². The van der Waals surface area contributed by atoms with Crippen molar-refractivity contribution in [3.05, 3.63) is 66.9 Å². The van der Waals surface area contributed by atoms with Crippen LogP contribution in [0.1, 0.15) is 0 Å². The number of rotatable bonds is 5. The van der Waals surface area contributed by atoms with Gasteiger partial charge in [0, 0.05) is 18.3 Å². The molecule has 7 heteroatoms. The van der Waals surface area contributed by atoms with E-state index in [9.17, 15) is 0 Å². The summed E-state index contributed by atoms with van der Waals surface area (Å²) in [7, 11) is 1.60. The summed E-state index contributed by atoms with van der Waals surface area (Å²) in [6.07, 6.45) is 1.86. The second kappa shape index (κ2) is 6.62. The lowest BCUT2D eigenvalue weighted by Gasteiger charge is -2.04. The average molecular weight is 371 g/mol. The van der Waals surface area contributed by atoms with Crippen LogP contribution in [0.5, 0.6) is 17.4 Å². The molecular weight excluding hydrogens is 354 g/mol. The molecule has 0 spiro atoms. The number of anilines is 2. The van der Waals surface area contributed by atoms with Crippen molar-refractivity contribution in [1.82, 2.24) is 19.9 Å². The van der Waals surface area contributed by atoms with Crippen molar-refractivity contribution >= 4 is 33.7 Å². The molecule has 0 aliphatic carbocycles. The van der Waals surface area contributed by atoms with Gasteiger partial charge in [0.25, 0.3) is 0 Å². The highest BCUT2D eigenvalue weighted by Crippen LogP contribution is 2.28. The van der Waals surface area contributed by atoms with Crippen molar-refractivity contribution in [2.45, 2.75) is 0 Å². The van der Waals surface area contributed by atoms with Gasteiger partial charge in [-0.05, 0) is 30.3 Å². The van der Waals surface area contributed by atoms with Crippen LogP contribution in [0.25, 0.3) is 22.1 Å². The Morgan fingerprint density at radius 3 is 2.64 bits per heavy atom. The number of methoxy groups -OCH3 is 1. The third-order valence-electron chi connectivity index (χ3n) is 4.39. The van der Waals surface area contributed by atoms with Crippen molar-refractivity contribution in [3.8, 4) is 17.4 Å². The fourth-order valence-electron chi connectivity index (χ4n) is 3.05. The Morgan fingerprint density at radius 1 is 0.893 bits per heavy atom. The number of para-hydroxylation sites is 1. The molecule has 28 heavy (non-hydrogen) atoms. The van der Waals surface area contributed by atoms with E-state index >= 15 is 0 Å². The number of pyridine rings is 1. The maximum atomic E-state index is 5.89. The van der Waals surface area contributed by atoms with E-state index in [0.717, 1.165) is 39.3 Å². The van der Waals surface area contributed by atoms with Crippen molar-refractivity contribution in [3.63, 3.8) is 0 Å². The number of nitrogens with zero attached hydrogens (tertiary/aromatic N) is 2. The van der Waals surface area contributed by atoms with Gasteiger partial charge in [-0.25, -0.2) is 9.97 Å². The Morgan fingerprint density at radius 2 is 1.79 bits per heavy atom.